The Morgan fingerprint density at radius 3 is 2.48 bits per heavy atom. The van der Waals surface area contributed by atoms with Gasteiger partial charge in [0.2, 0.25) is 0 Å². The van der Waals surface area contributed by atoms with Gasteiger partial charge in [-0.2, -0.15) is 0 Å². The van der Waals surface area contributed by atoms with Gasteiger partial charge in [-0.3, -0.25) is 0 Å². The molecule has 0 aromatic heterocycles. The average Bonchev–Trinajstić information content (AvgIpc) is 2.71. The number of unbranched alkanes of at least 4 members (excludes halogenated alkanes) is 1. The first-order valence-electron chi connectivity index (χ1n) is 11.5. The van der Waals surface area contributed by atoms with Crippen LogP contribution in [0.4, 0.5) is 4.39 Å². The van der Waals surface area contributed by atoms with Gasteiger partial charge in [0.15, 0.2) is 11.6 Å². The number of benzene rings is 1. The third-order valence-corrected chi connectivity index (χ3v) is 8.17. The molecule has 3 aliphatic carbocycles. The van der Waals surface area contributed by atoms with Crippen molar-refractivity contribution in [3.8, 4) is 5.75 Å². The number of ether oxygens (including phenoxy) is 1. The average molecular weight is 373 g/mol. The van der Waals surface area contributed by atoms with Crippen LogP contribution in [-0.2, 0) is 12.8 Å². The van der Waals surface area contributed by atoms with E-state index < -0.39 is 0 Å². The number of methoxy groups -OCH3 is 1. The summed E-state index contributed by atoms with van der Waals surface area (Å²) in [5.41, 5.74) is 2.17. The first kappa shape index (κ1) is 19.3. The van der Waals surface area contributed by atoms with E-state index >= 15 is 0 Å². The molecule has 1 aromatic rings. The topological polar surface area (TPSA) is 9.23 Å². The molecule has 0 N–H and O–H groups in total. The van der Waals surface area contributed by atoms with E-state index in [1.165, 1.54) is 63.4 Å². The largest absolute Gasteiger partial charge is 0.494 e. The van der Waals surface area contributed by atoms with Crippen LogP contribution in [0.25, 0.3) is 0 Å². The summed E-state index contributed by atoms with van der Waals surface area (Å²) in [6.07, 6.45) is 16.2. The normalized spacial score (nSPS) is 33.2. The summed E-state index contributed by atoms with van der Waals surface area (Å²) in [5.74, 6) is 4.95. The lowest BCUT2D eigenvalue weighted by atomic mass is 9.61. The highest BCUT2D eigenvalue weighted by molar-refractivity contribution is 5.39. The molecule has 1 aromatic carbocycles. The van der Waals surface area contributed by atoms with E-state index in [0.29, 0.717) is 5.75 Å². The molecule has 0 heterocycles. The van der Waals surface area contributed by atoms with Gasteiger partial charge in [0.05, 0.1) is 7.11 Å². The number of rotatable bonds is 5. The SMILES string of the molecule is CCCCC1CCC2CC(C3CCc4c(ccc(OC)c4F)C3)CCC2C1. The minimum absolute atomic E-state index is 0.109. The molecule has 27 heavy (non-hydrogen) atoms. The molecular weight excluding hydrogens is 335 g/mol. The van der Waals surface area contributed by atoms with Crippen LogP contribution in [0, 0.1) is 35.4 Å². The predicted octanol–water partition coefficient (Wildman–Crippen LogP) is 6.96. The Kier molecular flexibility index (Phi) is 6.09. The molecule has 3 aliphatic rings. The van der Waals surface area contributed by atoms with Crippen molar-refractivity contribution in [1.29, 1.82) is 0 Å². The molecule has 2 saturated carbocycles. The molecular formula is C25H37FO. The molecule has 150 valence electrons. The third-order valence-electron chi connectivity index (χ3n) is 8.17. The fourth-order valence-corrected chi connectivity index (χ4v) is 6.58. The van der Waals surface area contributed by atoms with Gasteiger partial charge in [-0.05, 0) is 98.1 Å². The number of hydrogen-bond acceptors (Lipinski definition) is 1. The smallest absolute Gasteiger partial charge is 0.168 e. The fourth-order valence-electron chi connectivity index (χ4n) is 6.58. The number of halogens is 1. The van der Waals surface area contributed by atoms with Crippen LogP contribution < -0.4 is 4.74 Å². The van der Waals surface area contributed by atoms with Crippen molar-refractivity contribution in [1.82, 2.24) is 0 Å². The van der Waals surface area contributed by atoms with E-state index in [1.807, 2.05) is 6.07 Å². The van der Waals surface area contributed by atoms with Crippen LogP contribution in [0.2, 0.25) is 0 Å². The van der Waals surface area contributed by atoms with E-state index in [1.54, 1.807) is 7.11 Å². The molecule has 0 amide bonds. The highest BCUT2D eigenvalue weighted by Gasteiger charge is 2.38. The van der Waals surface area contributed by atoms with Crippen LogP contribution in [0.3, 0.4) is 0 Å². The molecule has 0 radical (unpaired) electrons. The minimum atomic E-state index is -0.109. The number of hydrogen-bond donors (Lipinski definition) is 0. The summed E-state index contributed by atoms with van der Waals surface area (Å²) < 4.78 is 19.7. The zero-order valence-electron chi connectivity index (χ0n) is 17.3. The van der Waals surface area contributed by atoms with Crippen molar-refractivity contribution in [3.05, 3.63) is 29.1 Å². The second-order valence-electron chi connectivity index (χ2n) is 9.64. The standard InChI is InChI=1S/C25H37FO/c1-3-4-5-17-6-7-19-15-20(9-8-18(19)14-17)21-10-12-23-22(16-21)11-13-24(27-2)25(23)26/h11,13,17-21H,3-10,12,14-16H2,1-2H3. The molecule has 0 aliphatic heterocycles. The molecule has 4 rings (SSSR count). The zero-order chi connectivity index (χ0) is 18.8. The van der Waals surface area contributed by atoms with Crippen molar-refractivity contribution < 1.29 is 9.13 Å². The lowest BCUT2D eigenvalue weighted by Gasteiger charge is -2.45. The summed E-state index contributed by atoms with van der Waals surface area (Å²) in [4.78, 5) is 0. The second kappa shape index (κ2) is 8.53. The first-order chi connectivity index (χ1) is 13.2. The van der Waals surface area contributed by atoms with E-state index in [9.17, 15) is 4.39 Å². The molecule has 0 saturated heterocycles. The van der Waals surface area contributed by atoms with Crippen LogP contribution in [0.5, 0.6) is 5.75 Å². The Morgan fingerprint density at radius 1 is 0.963 bits per heavy atom. The monoisotopic (exact) mass is 372 g/mol. The van der Waals surface area contributed by atoms with Gasteiger partial charge in [0.1, 0.15) is 0 Å². The third kappa shape index (κ3) is 4.05. The molecule has 5 atom stereocenters. The Bertz CT molecular complexity index is 639. The Morgan fingerprint density at radius 2 is 1.70 bits per heavy atom. The van der Waals surface area contributed by atoms with Crippen LogP contribution in [0.1, 0.15) is 82.3 Å². The van der Waals surface area contributed by atoms with Crippen molar-refractivity contribution in [2.75, 3.05) is 7.11 Å². The van der Waals surface area contributed by atoms with Crippen molar-refractivity contribution in [2.45, 2.75) is 84.0 Å². The summed E-state index contributed by atoms with van der Waals surface area (Å²) in [6.45, 7) is 2.32. The zero-order valence-corrected chi connectivity index (χ0v) is 17.3. The maximum absolute atomic E-state index is 14.5. The molecule has 0 spiro atoms. The molecule has 1 nitrogen and oxygen atoms in total. The summed E-state index contributed by atoms with van der Waals surface area (Å²) in [5, 5.41) is 0. The lowest BCUT2D eigenvalue weighted by Crippen LogP contribution is -2.35. The van der Waals surface area contributed by atoms with Gasteiger partial charge in [0, 0.05) is 0 Å². The second-order valence-corrected chi connectivity index (χ2v) is 9.64. The summed E-state index contributed by atoms with van der Waals surface area (Å²) >= 11 is 0. The van der Waals surface area contributed by atoms with Crippen molar-refractivity contribution in [2.24, 2.45) is 29.6 Å². The van der Waals surface area contributed by atoms with E-state index in [-0.39, 0.29) is 5.82 Å². The highest BCUT2D eigenvalue weighted by Crippen LogP contribution is 2.49. The Balaban J connectivity index is 1.36. The molecule has 0 bridgehead atoms. The highest BCUT2D eigenvalue weighted by atomic mass is 19.1. The Hall–Kier alpha value is -1.05. The van der Waals surface area contributed by atoms with Crippen LogP contribution in [0.15, 0.2) is 12.1 Å². The lowest BCUT2D eigenvalue weighted by molar-refractivity contribution is 0.0689. The summed E-state index contributed by atoms with van der Waals surface area (Å²) in [7, 11) is 1.56. The first-order valence-corrected chi connectivity index (χ1v) is 11.5. The maximum atomic E-state index is 14.5. The Labute approximate surface area is 165 Å². The predicted molar refractivity (Wildman–Crippen MR) is 110 cm³/mol. The van der Waals surface area contributed by atoms with Gasteiger partial charge < -0.3 is 4.74 Å². The van der Waals surface area contributed by atoms with Crippen LogP contribution in [-0.4, -0.2) is 7.11 Å². The van der Waals surface area contributed by atoms with Gasteiger partial charge in [0.25, 0.3) is 0 Å². The van der Waals surface area contributed by atoms with Gasteiger partial charge in [-0.1, -0.05) is 38.7 Å². The van der Waals surface area contributed by atoms with Crippen LogP contribution >= 0.6 is 0 Å². The van der Waals surface area contributed by atoms with E-state index in [4.69, 9.17) is 4.74 Å². The van der Waals surface area contributed by atoms with E-state index in [2.05, 4.69) is 13.0 Å². The van der Waals surface area contributed by atoms with Gasteiger partial charge in [-0.25, -0.2) is 4.39 Å². The number of fused-ring (bicyclic) bond motifs is 2. The van der Waals surface area contributed by atoms with Crippen molar-refractivity contribution in [3.63, 3.8) is 0 Å². The molecule has 2 fully saturated rings. The summed E-state index contributed by atoms with van der Waals surface area (Å²) in [6, 6.07) is 3.94. The maximum Gasteiger partial charge on any atom is 0.168 e. The van der Waals surface area contributed by atoms with Crippen molar-refractivity contribution >= 4 is 0 Å². The van der Waals surface area contributed by atoms with Gasteiger partial charge >= 0.3 is 0 Å². The quantitative estimate of drug-likeness (QED) is 0.543. The minimum Gasteiger partial charge on any atom is -0.494 e. The van der Waals surface area contributed by atoms with Gasteiger partial charge in [-0.15, -0.1) is 0 Å². The molecule has 5 unspecified atom stereocenters. The fraction of sp³-hybridized carbons (Fsp3) is 0.760. The molecule has 2 heteroatoms. The van der Waals surface area contributed by atoms with E-state index in [0.717, 1.165) is 54.4 Å².